The molecule has 0 saturated carbocycles. The number of rotatable bonds is 4. The second kappa shape index (κ2) is 14.9. The van der Waals surface area contributed by atoms with Crippen molar-refractivity contribution < 1.29 is 63.7 Å². The van der Waals surface area contributed by atoms with Gasteiger partial charge in [0.1, 0.15) is 10.7 Å². The summed E-state index contributed by atoms with van der Waals surface area (Å²) in [4.78, 5) is 24.1. The van der Waals surface area contributed by atoms with Crippen molar-refractivity contribution in [2.45, 2.75) is 36.6 Å². The molecule has 2 aromatic rings. The maximum Gasteiger partial charge on any atom is 0.490 e. The van der Waals surface area contributed by atoms with Gasteiger partial charge in [0.05, 0.1) is 13.2 Å². The zero-order valence-corrected chi connectivity index (χ0v) is 23.1. The van der Waals surface area contributed by atoms with Crippen molar-refractivity contribution in [3.8, 4) is 0 Å². The van der Waals surface area contributed by atoms with E-state index in [-0.39, 0.29) is 10.3 Å². The smallest absolute Gasteiger partial charge is 0.475 e. The third kappa shape index (κ3) is 11.0. The SMILES string of the molecule is O=C(O)C(F)(F)F.O=C(O)C(F)(F)F.O=S(=O)(c1ccccc1F)N1CCC2(CC1)COCCN(Cc1cccnc1)C2. The Morgan fingerprint density at radius 1 is 0.930 bits per heavy atom. The number of hydrogen-bond donors (Lipinski definition) is 2. The molecule has 43 heavy (non-hydrogen) atoms. The lowest BCUT2D eigenvalue weighted by Crippen LogP contribution is -2.48. The van der Waals surface area contributed by atoms with Gasteiger partial charge in [0, 0.05) is 50.5 Å². The van der Waals surface area contributed by atoms with Crippen molar-refractivity contribution in [3.63, 3.8) is 0 Å². The van der Waals surface area contributed by atoms with E-state index in [4.69, 9.17) is 24.5 Å². The van der Waals surface area contributed by atoms with Crippen LogP contribution in [0.1, 0.15) is 18.4 Å². The summed E-state index contributed by atoms with van der Waals surface area (Å²) in [6.45, 7) is 4.55. The molecule has 0 bridgehead atoms. The quantitative estimate of drug-likeness (QED) is 0.475. The molecule has 0 radical (unpaired) electrons. The number of carboxylic acid groups (broad SMARTS) is 2. The predicted octanol–water partition coefficient (Wildman–Crippen LogP) is 3.79. The molecule has 3 heterocycles. The molecule has 0 aliphatic carbocycles. The monoisotopic (exact) mass is 647 g/mol. The summed E-state index contributed by atoms with van der Waals surface area (Å²) in [6.07, 6.45) is -5.13. The zero-order valence-electron chi connectivity index (χ0n) is 22.3. The highest BCUT2D eigenvalue weighted by molar-refractivity contribution is 7.89. The average Bonchev–Trinajstić information content (AvgIpc) is 3.11. The molecule has 240 valence electrons. The minimum atomic E-state index is -5.08. The van der Waals surface area contributed by atoms with E-state index in [9.17, 15) is 39.2 Å². The lowest BCUT2D eigenvalue weighted by atomic mass is 9.79. The van der Waals surface area contributed by atoms with Crippen LogP contribution in [0.5, 0.6) is 0 Å². The van der Waals surface area contributed by atoms with Gasteiger partial charge in [-0.15, -0.1) is 0 Å². The van der Waals surface area contributed by atoms with E-state index in [0.29, 0.717) is 39.1 Å². The number of pyridine rings is 1. The Labute approximate surface area is 241 Å². The second-order valence-corrected chi connectivity index (χ2v) is 11.5. The Balaban J connectivity index is 0.000000384. The van der Waals surface area contributed by atoms with Crippen LogP contribution in [0.2, 0.25) is 0 Å². The summed E-state index contributed by atoms with van der Waals surface area (Å²) in [7, 11) is -3.82. The van der Waals surface area contributed by atoms with Crippen molar-refractivity contribution in [2.24, 2.45) is 5.41 Å². The number of aromatic nitrogens is 1. The molecule has 4 rings (SSSR count). The van der Waals surface area contributed by atoms with Crippen LogP contribution >= 0.6 is 0 Å². The molecule has 2 fully saturated rings. The van der Waals surface area contributed by atoms with Crippen molar-refractivity contribution in [1.82, 2.24) is 14.2 Å². The summed E-state index contributed by atoms with van der Waals surface area (Å²) in [5.41, 5.74) is 1.07. The Morgan fingerprint density at radius 3 is 1.98 bits per heavy atom. The van der Waals surface area contributed by atoms with Crippen molar-refractivity contribution in [1.29, 1.82) is 0 Å². The predicted molar refractivity (Wildman–Crippen MR) is 135 cm³/mol. The van der Waals surface area contributed by atoms with Gasteiger partial charge in [0.25, 0.3) is 0 Å². The summed E-state index contributed by atoms with van der Waals surface area (Å²) in [5, 5.41) is 14.2. The molecule has 0 atom stereocenters. The number of aliphatic carboxylic acids is 2. The number of halogens is 7. The van der Waals surface area contributed by atoms with Crippen molar-refractivity contribution in [3.05, 3.63) is 60.2 Å². The van der Waals surface area contributed by atoms with Crippen molar-refractivity contribution >= 4 is 22.0 Å². The van der Waals surface area contributed by atoms with Crippen LogP contribution in [-0.4, -0.2) is 96.5 Å². The molecule has 1 spiro atoms. The number of hydrogen-bond acceptors (Lipinski definition) is 7. The van der Waals surface area contributed by atoms with E-state index in [0.717, 1.165) is 25.2 Å². The van der Waals surface area contributed by atoms with Gasteiger partial charge in [-0.2, -0.15) is 30.6 Å². The second-order valence-electron chi connectivity index (χ2n) is 9.56. The minimum Gasteiger partial charge on any atom is -0.475 e. The fraction of sp³-hybridized carbons (Fsp3) is 0.480. The highest BCUT2D eigenvalue weighted by Gasteiger charge is 2.42. The largest absolute Gasteiger partial charge is 0.490 e. The van der Waals surface area contributed by atoms with Crippen molar-refractivity contribution in [2.75, 3.05) is 39.4 Å². The minimum absolute atomic E-state index is 0.0834. The van der Waals surface area contributed by atoms with Gasteiger partial charge in [0.2, 0.25) is 10.0 Å². The van der Waals surface area contributed by atoms with E-state index < -0.39 is 40.1 Å². The van der Waals surface area contributed by atoms with Gasteiger partial charge in [0.15, 0.2) is 0 Å². The van der Waals surface area contributed by atoms with E-state index >= 15 is 0 Å². The number of ether oxygens (including phenoxy) is 1. The van der Waals surface area contributed by atoms with Crippen LogP contribution in [0.4, 0.5) is 30.7 Å². The molecule has 2 aliphatic rings. The molecule has 2 N–H and O–H groups in total. The van der Waals surface area contributed by atoms with E-state index in [1.807, 2.05) is 12.3 Å². The van der Waals surface area contributed by atoms with Crippen LogP contribution in [-0.2, 0) is 30.9 Å². The van der Waals surface area contributed by atoms with E-state index in [1.54, 1.807) is 12.3 Å². The Hall–Kier alpha value is -3.35. The lowest BCUT2D eigenvalue weighted by molar-refractivity contribution is -0.193. The summed E-state index contributed by atoms with van der Waals surface area (Å²) < 4.78 is 111. The molecule has 1 aromatic heterocycles. The Kier molecular flexibility index (Phi) is 12.4. The van der Waals surface area contributed by atoms with Gasteiger partial charge in [-0.1, -0.05) is 18.2 Å². The summed E-state index contributed by atoms with van der Waals surface area (Å²) in [6, 6.07) is 9.57. The molecule has 0 unspecified atom stereocenters. The fourth-order valence-electron chi connectivity index (χ4n) is 4.26. The van der Waals surface area contributed by atoms with Gasteiger partial charge >= 0.3 is 24.3 Å². The number of carbonyl (C=O) groups is 2. The number of carboxylic acids is 2. The van der Waals surface area contributed by atoms with E-state index in [1.165, 1.54) is 22.5 Å². The van der Waals surface area contributed by atoms with Crippen LogP contribution in [0.25, 0.3) is 0 Å². The van der Waals surface area contributed by atoms with Crippen LogP contribution in [0, 0.1) is 11.2 Å². The van der Waals surface area contributed by atoms with Crippen LogP contribution < -0.4 is 0 Å². The topological polar surface area (TPSA) is 137 Å². The first-order valence-corrected chi connectivity index (χ1v) is 13.9. The molecular formula is C25H28F7N3O7S. The molecule has 1 aromatic carbocycles. The van der Waals surface area contributed by atoms with Gasteiger partial charge < -0.3 is 14.9 Å². The molecule has 18 heteroatoms. The standard InChI is InChI=1S/C21H26FN3O3S.2C2HF3O2/c22-19-5-1-2-6-20(19)29(26,27)25-10-7-21(8-11-25)16-24(12-13-28-17-21)15-18-4-3-9-23-14-18;2*3-2(4,5)1(6)7/h1-6,9,14H,7-8,10-13,15-17H2;2*(H,6,7). The third-order valence-corrected chi connectivity index (χ3v) is 8.30. The highest BCUT2D eigenvalue weighted by Crippen LogP contribution is 2.36. The fourth-order valence-corrected chi connectivity index (χ4v) is 5.77. The number of alkyl halides is 6. The molecule has 2 aliphatic heterocycles. The van der Waals surface area contributed by atoms with E-state index in [2.05, 4.69) is 16.0 Å². The first-order valence-electron chi connectivity index (χ1n) is 12.4. The first-order chi connectivity index (χ1) is 19.9. The third-order valence-electron chi connectivity index (χ3n) is 6.37. The normalized spacial score (nSPS) is 17.9. The average molecular weight is 648 g/mol. The summed E-state index contributed by atoms with van der Waals surface area (Å²) in [5.74, 6) is -6.21. The number of piperidine rings is 1. The van der Waals surface area contributed by atoms with Crippen LogP contribution in [0.15, 0.2) is 53.7 Å². The molecule has 2 saturated heterocycles. The van der Waals surface area contributed by atoms with Crippen LogP contribution in [0.3, 0.4) is 0 Å². The number of benzene rings is 1. The van der Waals surface area contributed by atoms with Gasteiger partial charge in [-0.05, 0) is 36.6 Å². The molecular weight excluding hydrogens is 619 g/mol. The number of sulfonamides is 1. The van der Waals surface area contributed by atoms with Gasteiger partial charge in [-0.3, -0.25) is 9.88 Å². The molecule has 0 amide bonds. The first kappa shape index (κ1) is 35.8. The number of nitrogens with zero attached hydrogens (tertiary/aromatic N) is 3. The highest BCUT2D eigenvalue weighted by atomic mass is 32.2. The maximum absolute atomic E-state index is 14.1. The Bertz CT molecular complexity index is 1290. The maximum atomic E-state index is 14.1. The van der Waals surface area contributed by atoms with Gasteiger partial charge in [-0.25, -0.2) is 22.4 Å². The zero-order chi connectivity index (χ0) is 32.5. The molecule has 10 nitrogen and oxygen atoms in total. The Morgan fingerprint density at radius 2 is 1.49 bits per heavy atom. The summed E-state index contributed by atoms with van der Waals surface area (Å²) >= 11 is 0. The lowest BCUT2D eigenvalue weighted by Gasteiger charge is -2.42.